The summed E-state index contributed by atoms with van der Waals surface area (Å²) in [6, 6.07) is 6.38. The first-order valence-corrected chi connectivity index (χ1v) is 7.96. The van der Waals surface area contributed by atoms with Crippen LogP contribution in [0.15, 0.2) is 18.2 Å². The van der Waals surface area contributed by atoms with Crippen molar-refractivity contribution in [3.8, 4) is 0 Å². The molecule has 0 spiro atoms. The summed E-state index contributed by atoms with van der Waals surface area (Å²) in [5.41, 5.74) is 8.55. The number of anilines is 1. The van der Waals surface area contributed by atoms with E-state index in [1.165, 1.54) is 0 Å². The van der Waals surface area contributed by atoms with Crippen molar-refractivity contribution < 1.29 is 0 Å². The van der Waals surface area contributed by atoms with Crippen LogP contribution in [0.25, 0.3) is 11.0 Å². The highest BCUT2D eigenvalue weighted by molar-refractivity contribution is 7.98. The van der Waals surface area contributed by atoms with E-state index in [1.807, 2.05) is 30.0 Å². The number of aromatic nitrogens is 2. The van der Waals surface area contributed by atoms with E-state index in [4.69, 9.17) is 5.73 Å². The van der Waals surface area contributed by atoms with E-state index < -0.39 is 0 Å². The van der Waals surface area contributed by atoms with Crippen LogP contribution in [0.2, 0.25) is 0 Å². The Morgan fingerprint density at radius 2 is 2.26 bits per heavy atom. The molecule has 104 valence electrons. The summed E-state index contributed by atoms with van der Waals surface area (Å²) in [5, 5.41) is 0. The zero-order valence-corrected chi connectivity index (χ0v) is 12.6. The molecule has 0 aliphatic heterocycles. The maximum Gasteiger partial charge on any atom is 0.121 e. The molecule has 1 unspecified atom stereocenters. The van der Waals surface area contributed by atoms with Crippen LogP contribution in [-0.2, 0) is 6.54 Å². The van der Waals surface area contributed by atoms with Gasteiger partial charge in [-0.2, -0.15) is 11.8 Å². The number of fused-ring (bicyclic) bond motifs is 1. The number of imidazole rings is 1. The molecule has 1 aromatic heterocycles. The molecule has 3 N–H and O–H groups in total. The standard InChI is InChI=1S/C14H22N4S/c1-4-11(9-19-3)18(2)8-14-16-12-6-5-10(15)7-13(12)17-14/h5-7,11H,4,8-9,15H2,1-3H3,(H,16,17). The molecule has 0 bridgehead atoms. The van der Waals surface area contributed by atoms with Gasteiger partial charge in [-0.25, -0.2) is 4.98 Å². The van der Waals surface area contributed by atoms with Gasteiger partial charge in [0, 0.05) is 17.5 Å². The maximum atomic E-state index is 5.78. The number of nitrogen functional groups attached to an aromatic ring is 1. The summed E-state index contributed by atoms with van der Waals surface area (Å²) in [5.74, 6) is 2.16. The fourth-order valence-corrected chi connectivity index (χ4v) is 3.14. The summed E-state index contributed by atoms with van der Waals surface area (Å²) in [6.07, 6.45) is 3.31. The number of thioether (sulfide) groups is 1. The molecule has 0 amide bonds. The normalized spacial score (nSPS) is 13.3. The van der Waals surface area contributed by atoms with Crippen molar-refractivity contribution in [3.05, 3.63) is 24.0 Å². The summed E-state index contributed by atoms with van der Waals surface area (Å²) < 4.78 is 0. The lowest BCUT2D eigenvalue weighted by Crippen LogP contribution is -2.33. The Morgan fingerprint density at radius 3 is 2.95 bits per heavy atom. The number of nitrogens with zero attached hydrogens (tertiary/aromatic N) is 2. The first-order chi connectivity index (χ1) is 9.13. The van der Waals surface area contributed by atoms with Crippen molar-refractivity contribution in [2.24, 2.45) is 0 Å². The van der Waals surface area contributed by atoms with Crippen molar-refractivity contribution in [2.45, 2.75) is 25.9 Å². The molecule has 19 heavy (non-hydrogen) atoms. The van der Waals surface area contributed by atoms with Gasteiger partial charge in [0.05, 0.1) is 17.6 Å². The van der Waals surface area contributed by atoms with E-state index in [9.17, 15) is 0 Å². The van der Waals surface area contributed by atoms with Crippen LogP contribution in [0, 0.1) is 0 Å². The van der Waals surface area contributed by atoms with E-state index in [0.717, 1.165) is 41.3 Å². The molecule has 2 rings (SSSR count). The van der Waals surface area contributed by atoms with Crippen LogP contribution in [-0.4, -0.2) is 40.0 Å². The van der Waals surface area contributed by atoms with Gasteiger partial charge in [0.25, 0.3) is 0 Å². The van der Waals surface area contributed by atoms with Gasteiger partial charge >= 0.3 is 0 Å². The average molecular weight is 278 g/mol. The Labute approximate surface area is 118 Å². The minimum Gasteiger partial charge on any atom is -0.399 e. The van der Waals surface area contributed by atoms with Crippen LogP contribution in [0.1, 0.15) is 19.2 Å². The molecule has 1 heterocycles. The number of hydrogen-bond acceptors (Lipinski definition) is 4. The van der Waals surface area contributed by atoms with Gasteiger partial charge < -0.3 is 10.7 Å². The number of nitrogens with two attached hydrogens (primary N) is 1. The van der Waals surface area contributed by atoms with Crippen molar-refractivity contribution in [1.29, 1.82) is 0 Å². The van der Waals surface area contributed by atoms with Gasteiger partial charge in [-0.15, -0.1) is 0 Å². The van der Waals surface area contributed by atoms with Gasteiger partial charge in [-0.05, 0) is 37.9 Å². The zero-order chi connectivity index (χ0) is 13.8. The molecule has 4 nitrogen and oxygen atoms in total. The monoisotopic (exact) mass is 278 g/mol. The second-order valence-corrected chi connectivity index (χ2v) is 5.80. The number of nitrogens with one attached hydrogen (secondary N) is 1. The smallest absolute Gasteiger partial charge is 0.121 e. The largest absolute Gasteiger partial charge is 0.399 e. The van der Waals surface area contributed by atoms with Crippen LogP contribution < -0.4 is 5.73 Å². The Morgan fingerprint density at radius 1 is 1.47 bits per heavy atom. The molecule has 2 aromatic rings. The molecule has 0 fully saturated rings. The van der Waals surface area contributed by atoms with Gasteiger partial charge in [0.15, 0.2) is 0 Å². The second-order valence-electron chi connectivity index (χ2n) is 4.89. The van der Waals surface area contributed by atoms with Crippen LogP contribution in [0.5, 0.6) is 0 Å². The highest BCUT2D eigenvalue weighted by Crippen LogP contribution is 2.17. The third-order valence-corrected chi connectivity index (χ3v) is 4.13. The quantitative estimate of drug-likeness (QED) is 0.798. The van der Waals surface area contributed by atoms with Gasteiger partial charge in [0.1, 0.15) is 5.82 Å². The fourth-order valence-electron chi connectivity index (χ4n) is 2.27. The number of hydrogen-bond donors (Lipinski definition) is 2. The zero-order valence-electron chi connectivity index (χ0n) is 11.8. The third kappa shape index (κ3) is 3.42. The van der Waals surface area contributed by atoms with E-state index in [1.54, 1.807) is 0 Å². The Bertz CT molecular complexity index is 537. The molecule has 1 atom stereocenters. The molecule has 0 aliphatic rings. The lowest BCUT2D eigenvalue weighted by molar-refractivity contribution is 0.243. The van der Waals surface area contributed by atoms with Crippen molar-refractivity contribution >= 4 is 28.5 Å². The predicted molar refractivity (Wildman–Crippen MR) is 84.4 cm³/mol. The van der Waals surface area contributed by atoms with Crippen molar-refractivity contribution in [1.82, 2.24) is 14.9 Å². The maximum absolute atomic E-state index is 5.78. The van der Waals surface area contributed by atoms with Crippen LogP contribution in [0.3, 0.4) is 0 Å². The number of rotatable bonds is 6. The average Bonchev–Trinajstić information content (AvgIpc) is 2.76. The van der Waals surface area contributed by atoms with E-state index in [-0.39, 0.29) is 0 Å². The molecule has 0 radical (unpaired) electrons. The lowest BCUT2D eigenvalue weighted by atomic mass is 10.2. The van der Waals surface area contributed by atoms with E-state index in [2.05, 4.69) is 35.1 Å². The van der Waals surface area contributed by atoms with E-state index in [0.29, 0.717) is 6.04 Å². The molecule has 0 saturated carbocycles. The number of benzene rings is 1. The summed E-state index contributed by atoms with van der Waals surface area (Å²) in [7, 11) is 2.16. The van der Waals surface area contributed by atoms with Crippen molar-refractivity contribution in [2.75, 3.05) is 24.8 Å². The number of aromatic amines is 1. The second kappa shape index (κ2) is 6.30. The SMILES string of the molecule is CCC(CSC)N(C)Cc1nc2ccc(N)cc2[nH]1. The molecule has 5 heteroatoms. The molecule has 0 saturated heterocycles. The predicted octanol–water partition coefficient (Wildman–Crippen LogP) is 2.72. The summed E-state index contributed by atoms with van der Waals surface area (Å²) in [6.45, 7) is 3.07. The Hall–Kier alpha value is -1.20. The molecular weight excluding hydrogens is 256 g/mol. The topological polar surface area (TPSA) is 57.9 Å². The number of H-pyrrole nitrogens is 1. The van der Waals surface area contributed by atoms with E-state index >= 15 is 0 Å². The Kier molecular flexibility index (Phi) is 4.71. The highest BCUT2D eigenvalue weighted by Gasteiger charge is 2.14. The fraction of sp³-hybridized carbons (Fsp3) is 0.500. The first kappa shape index (κ1) is 14.2. The summed E-state index contributed by atoms with van der Waals surface area (Å²) in [4.78, 5) is 10.3. The van der Waals surface area contributed by atoms with Crippen molar-refractivity contribution in [3.63, 3.8) is 0 Å². The highest BCUT2D eigenvalue weighted by atomic mass is 32.2. The molecule has 1 aromatic carbocycles. The summed E-state index contributed by atoms with van der Waals surface area (Å²) >= 11 is 1.89. The van der Waals surface area contributed by atoms with Gasteiger partial charge in [0.2, 0.25) is 0 Å². The van der Waals surface area contributed by atoms with Gasteiger partial charge in [-0.1, -0.05) is 6.92 Å². The Balaban J connectivity index is 2.12. The van der Waals surface area contributed by atoms with Crippen LogP contribution >= 0.6 is 11.8 Å². The molecular formula is C14H22N4S. The lowest BCUT2D eigenvalue weighted by Gasteiger charge is -2.25. The first-order valence-electron chi connectivity index (χ1n) is 6.57. The minimum absolute atomic E-state index is 0.591. The molecule has 0 aliphatic carbocycles. The van der Waals surface area contributed by atoms with Crippen LogP contribution in [0.4, 0.5) is 5.69 Å². The minimum atomic E-state index is 0.591. The third-order valence-electron chi connectivity index (χ3n) is 3.41. The van der Waals surface area contributed by atoms with Gasteiger partial charge in [-0.3, -0.25) is 4.90 Å².